The Morgan fingerprint density at radius 2 is 1.57 bits per heavy atom. The van der Waals surface area contributed by atoms with E-state index in [1.807, 2.05) is 76.2 Å². The van der Waals surface area contributed by atoms with Gasteiger partial charge in [-0.1, -0.05) is 95.0 Å². The van der Waals surface area contributed by atoms with Crippen molar-refractivity contribution in [3.05, 3.63) is 70.8 Å². The minimum absolute atomic E-state index is 0.131. The first-order chi connectivity index (χ1) is 19.8. The van der Waals surface area contributed by atoms with Crippen molar-refractivity contribution in [1.29, 1.82) is 0 Å². The zero-order valence-electron chi connectivity index (χ0n) is 27.1. The second-order valence-corrected chi connectivity index (χ2v) is 12.7. The second kappa shape index (κ2) is 16.9. The average Bonchev–Trinajstić information content (AvgIpc) is 2.91. The van der Waals surface area contributed by atoms with Crippen molar-refractivity contribution in [2.45, 2.75) is 118 Å². The Hall–Kier alpha value is -3.35. The molecule has 2 aromatic carbocycles. The molecule has 0 fully saturated rings. The molecular weight excluding hydrogens is 526 g/mol. The monoisotopic (exact) mass is 579 g/mol. The number of benzene rings is 2. The van der Waals surface area contributed by atoms with Gasteiger partial charge in [0.15, 0.2) is 0 Å². The predicted octanol–water partition coefficient (Wildman–Crippen LogP) is 7.40. The fourth-order valence-electron chi connectivity index (χ4n) is 5.00. The third-order valence-electron chi connectivity index (χ3n) is 7.29. The Morgan fingerprint density at radius 3 is 2.19 bits per heavy atom. The maximum atomic E-state index is 14.5. The van der Waals surface area contributed by atoms with E-state index in [9.17, 15) is 14.4 Å². The number of aryl methyl sites for hydroxylation is 1. The molecule has 0 aliphatic heterocycles. The van der Waals surface area contributed by atoms with Crippen LogP contribution in [0.15, 0.2) is 48.5 Å². The lowest BCUT2D eigenvalue weighted by atomic mass is 9.94. The summed E-state index contributed by atoms with van der Waals surface area (Å²) in [5, 5.41) is 5.94. The fraction of sp³-hybridized carbons (Fsp3) is 0.571. The summed E-state index contributed by atoms with van der Waals surface area (Å²) in [6.07, 6.45) is 4.82. The number of hydrogen-bond acceptors (Lipinski definition) is 4. The normalized spacial score (nSPS) is 12.9. The summed E-state index contributed by atoms with van der Waals surface area (Å²) in [5.41, 5.74) is 3.10. The molecule has 42 heavy (non-hydrogen) atoms. The highest BCUT2D eigenvalue weighted by molar-refractivity contribution is 5.92. The van der Waals surface area contributed by atoms with Gasteiger partial charge in [-0.2, -0.15) is 0 Å². The third-order valence-corrected chi connectivity index (χ3v) is 7.29. The summed E-state index contributed by atoms with van der Waals surface area (Å²) in [7, 11) is 0. The molecule has 7 nitrogen and oxygen atoms in total. The van der Waals surface area contributed by atoms with Crippen LogP contribution in [0.25, 0.3) is 0 Å². The lowest BCUT2D eigenvalue weighted by molar-refractivity contribution is -0.143. The maximum absolute atomic E-state index is 14.5. The zero-order chi connectivity index (χ0) is 31.3. The van der Waals surface area contributed by atoms with Crippen molar-refractivity contribution < 1.29 is 19.1 Å². The van der Waals surface area contributed by atoms with Gasteiger partial charge in [0, 0.05) is 13.1 Å². The molecular formula is C35H53N3O4. The van der Waals surface area contributed by atoms with Crippen LogP contribution in [0, 0.1) is 19.8 Å². The van der Waals surface area contributed by atoms with Crippen LogP contribution in [0.1, 0.15) is 108 Å². The Bertz CT molecular complexity index is 1140. The summed E-state index contributed by atoms with van der Waals surface area (Å²) in [6, 6.07) is 14.0. The molecule has 7 heteroatoms. The lowest BCUT2D eigenvalue weighted by Crippen LogP contribution is -2.53. The number of rotatable bonds is 15. The minimum Gasteiger partial charge on any atom is -0.444 e. The number of ether oxygens (including phenoxy) is 1. The number of alkyl carbamates (subject to hydrolysis) is 1. The molecule has 2 atom stereocenters. The molecule has 0 aliphatic carbocycles. The second-order valence-electron chi connectivity index (χ2n) is 12.7. The zero-order valence-corrected chi connectivity index (χ0v) is 27.1. The molecule has 0 bridgehead atoms. The van der Waals surface area contributed by atoms with Crippen molar-refractivity contribution in [2.75, 3.05) is 6.54 Å². The number of nitrogens with zero attached hydrogens (tertiary/aromatic N) is 1. The number of nitrogens with one attached hydrogen (secondary N) is 2. The Balaban J connectivity index is 2.52. The van der Waals surface area contributed by atoms with E-state index in [4.69, 9.17) is 4.74 Å². The Labute approximate surface area is 253 Å². The summed E-state index contributed by atoms with van der Waals surface area (Å²) in [4.78, 5) is 43.1. The van der Waals surface area contributed by atoms with Crippen molar-refractivity contribution in [1.82, 2.24) is 15.5 Å². The van der Waals surface area contributed by atoms with Crippen LogP contribution < -0.4 is 10.6 Å². The largest absolute Gasteiger partial charge is 0.444 e. The average molecular weight is 580 g/mol. The number of unbranched alkanes of at least 4 members (excludes halogenated alkanes) is 4. The lowest BCUT2D eigenvalue weighted by Gasteiger charge is -2.36. The quantitative estimate of drug-likeness (QED) is 0.215. The van der Waals surface area contributed by atoms with Crippen LogP contribution in [0.4, 0.5) is 4.79 Å². The van der Waals surface area contributed by atoms with Gasteiger partial charge in [-0.05, 0) is 75.6 Å². The van der Waals surface area contributed by atoms with E-state index in [0.29, 0.717) is 19.5 Å². The Morgan fingerprint density at radius 1 is 0.905 bits per heavy atom. The molecule has 2 unspecified atom stereocenters. The van der Waals surface area contributed by atoms with Crippen LogP contribution in [-0.2, 0) is 20.9 Å². The van der Waals surface area contributed by atoms with Crippen molar-refractivity contribution in [3.8, 4) is 0 Å². The van der Waals surface area contributed by atoms with Crippen molar-refractivity contribution in [2.24, 2.45) is 5.92 Å². The molecule has 0 radical (unpaired) electrons. The topological polar surface area (TPSA) is 87.7 Å². The molecule has 232 valence electrons. The third kappa shape index (κ3) is 11.5. The first-order valence-corrected chi connectivity index (χ1v) is 15.5. The van der Waals surface area contributed by atoms with E-state index < -0.39 is 23.8 Å². The van der Waals surface area contributed by atoms with Crippen LogP contribution in [0.2, 0.25) is 0 Å². The van der Waals surface area contributed by atoms with Crippen LogP contribution in [0.5, 0.6) is 0 Å². The SMILES string of the molecule is CCCCCCCN(C(=O)C(CC(C)C)NC(=O)OC(C)(C)C)C(C(=O)NCc1ccccc1)c1cccc(C)c1C. The van der Waals surface area contributed by atoms with Gasteiger partial charge in [0.05, 0.1) is 0 Å². The predicted molar refractivity (Wildman–Crippen MR) is 170 cm³/mol. The van der Waals surface area contributed by atoms with E-state index in [-0.39, 0.29) is 17.7 Å². The van der Waals surface area contributed by atoms with Gasteiger partial charge < -0.3 is 20.3 Å². The molecule has 2 aromatic rings. The fourth-order valence-corrected chi connectivity index (χ4v) is 5.00. The highest BCUT2D eigenvalue weighted by Gasteiger charge is 2.37. The van der Waals surface area contributed by atoms with E-state index in [0.717, 1.165) is 54.4 Å². The highest BCUT2D eigenvalue weighted by Crippen LogP contribution is 2.29. The van der Waals surface area contributed by atoms with Crippen molar-refractivity contribution in [3.63, 3.8) is 0 Å². The van der Waals surface area contributed by atoms with Gasteiger partial charge in [0.1, 0.15) is 17.7 Å². The number of carbonyl (C=O) groups is 3. The number of amides is 3. The summed E-state index contributed by atoms with van der Waals surface area (Å²) in [5.74, 6) is -0.382. The van der Waals surface area contributed by atoms with Crippen molar-refractivity contribution >= 4 is 17.9 Å². The maximum Gasteiger partial charge on any atom is 0.408 e. The molecule has 3 amide bonds. The van der Waals surface area contributed by atoms with Gasteiger partial charge in [-0.15, -0.1) is 0 Å². The van der Waals surface area contributed by atoms with Gasteiger partial charge in [0.25, 0.3) is 0 Å². The first-order valence-electron chi connectivity index (χ1n) is 15.5. The van der Waals surface area contributed by atoms with E-state index in [2.05, 4.69) is 17.6 Å². The minimum atomic E-state index is -0.845. The number of hydrogen-bond donors (Lipinski definition) is 2. The van der Waals surface area contributed by atoms with Gasteiger partial charge in [-0.3, -0.25) is 9.59 Å². The van der Waals surface area contributed by atoms with Crippen LogP contribution >= 0.6 is 0 Å². The summed E-state index contributed by atoms with van der Waals surface area (Å²) < 4.78 is 5.52. The molecule has 0 heterocycles. The van der Waals surface area contributed by atoms with E-state index >= 15 is 0 Å². The molecule has 0 saturated heterocycles. The molecule has 2 rings (SSSR count). The van der Waals surface area contributed by atoms with E-state index in [1.165, 1.54) is 0 Å². The number of carbonyl (C=O) groups excluding carboxylic acids is 3. The van der Waals surface area contributed by atoms with E-state index in [1.54, 1.807) is 25.7 Å². The summed E-state index contributed by atoms with van der Waals surface area (Å²) in [6.45, 7) is 16.3. The first kappa shape index (κ1) is 34.8. The molecule has 0 spiro atoms. The standard InChI is InChI=1S/C35H53N3O4/c1-9-10-11-12-16-22-38(33(40)30(23-25(2)3)37-34(41)42-35(6,7)8)31(29-21-17-18-26(4)27(29)5)32(39)36-24-28-19-14-13-15-20-28/h13-15,17-21,25,30-31H,9-12,16,22-24H2,1-8H3,(H,36,39)(H,37,41). The van der Waals surface area contributed by atoms with Gasteiger partial charge in [0.2, 0.25) is 11.8 Å². The van der Waals surface area contributed by atoms with Gasteiger partial charge in [-0.25, -0.2) is 4.79 Å². The smallest absolute Gasteiger partial charge is 0.408 e. The summed E-state index contributed by atoms with van der Waals surface area (Å²) >= 11 is 0. The molecule has 2 N–H and O–H groups in total. The molecule has 0 saturated carbocycles. The molecule has 0 aliphatic rings. The van der Waals surface area contributed by atoms with Crippen LogP contribution in [0.3, 0.4) is 0 Å². The van der Waals surface area contributed by atoms with Crippen LogP contribution in [-0.4, -0.2) is 41.0 Å². The molecule has 0 aromatic heterocycles. The highest BCUT2D eigenvalue weighted by atomic mass is 16.6. The Kier molecular flexibility index (Phi) is 14.1. The van der Waals surface area contributed by atoms with Gasteiger partial charge >= 0.3 is 6.09 Å².